The maximum atomic E-state index is 10.2. The topological polar surface area (TPSA) is 82.1 Å². The number of nitrogens with two attached hydrogens (primary N) is 1. The summed E-state index contributed by atoms with van der Waals surface area (Å²) < 4.78 is 67.5. The third kappa shape index (κ3) is 4.06. The minimum absolute atomic E-state index is 0.0651. The molecular formula is C13H19N3O. The lowest BCUT2D eigenvalue weighted by atomic mass is 10.0. The Bertz CT molecular complexity index is 652. The smallest absolute Gasteiger partial charge is 0.101 e. The molecule has 0 aromatic heterocycles. The molecular weight excluding hydrogens is 214 g/mol. The molecule has 4 heteroatoms. The van der Waals surface area contributed by atoms with Gasteiger partial charge in [-0.1, -0.05) is 6.07 Å². The molecule has 1 aromatic carbocycles. The number of aliphatic hydroxyl groups excluding tert-OH is 1. The average molecular weight is 242 g/mol. The molecule has 1 atom stereocenters. The predicted molar refractivity (Wildman–Crippen MR) is 68.3 cm³/mol. The molecule has 0 amide bonds. The lowest BCUT2D eigenvalue weighted by Crippen LogP contribution is -2.38. The highest BCUT2D eigenvalue weighted by Gasteiger charge is 2.14. The molecule has 0 spiro atoms. The van der Waals surface area contributed by atoms with E-state index in [1.807, 2.05) is 6.07 Å². The molecule has 1 aromatic rings. The SMILES string of the molecule is [2H]C([2H])([2H])C(NCC(O)c1ccc(N)c(C#N)c1)(C([2H])([2H])[2H])C([2H])([2H])[2H]. The summed E-state index contributed by atoms with van der Waals surface area (Å²) in [5.41, 5.74) is 2.72. The Morgan fingerprint density at radius 1 is 1.59 bits per heavy atom. The van der Waals surface area contributed by atoms with Crippen LogP contribution in [-0.4, -0.2) is 17.2 Å². The van der Waals surface area contributed by atoms with Crippen LogP contribution in [-0.2, 0) is 0 Å². The van der Waals surface area contributed by atoms with Crippen molar-refractivity contribution in [1.29, 1.82) is 5.26 Å². The maximum absolute atomic E-state index is 10.2. The van der Waals surface area contributed by atoms with Crippen molar-refractivity contribution >= 4 is 5.69 Å². The summed E-state index contributed by atoms with van der Waals surface area (Å²) in [5, 5.41) is 21.2. The molecule has 0 heterocycles. The Kier molecular flexibility index (Phi) is 1.64. The summed E-state index contributed by atoms with van der Waals surface area (Å²) in [7, 11) is 0. The number of nitrogen functional groups attached to an aromatic ring is 1. The maximum Gasteiger partial charge on any atom is 0.101 e. The van der Waals surface area contributed by atoms with Gasteiger partial charge in [0.1, 0.15) is 6.07 Å². The highest BCUT2D eigenvalue weighted by molar-refractivity contribution is 5.55. The average Bonchev–Trinajstić information content (AvgIpc) is 2.43. The Hall–Kier alpha value is -1.57. The molecule has 1 rings (SSSR count). The van der Waals surface area contributed by atoms with Crippen molar-refractivity contribution in [3.05, 3.63) is 29.3 Å². The van der Waals surface area contributed by atoms with E-state index in [0.29, 0.717) is 0 Å². The number of β-amino-alcohol motifs (C(OH)–C–C–N with tert-alkyl or cyclic N) is 1. The van der Waals surface area contributed by atoms with Crippen LogP contribution in [0.4, 0.5) is 5.69 Å². The minimum Gasteiger partial charge on any atom is -0.398 e. The van der Waals surface area contributed by atoms with Gasteiger partial charge in [0.15, 0.2) is 0 Å². The van der Waals surface area contributed by atoms with Crippen molar-refractivity contribution in [2.24, 2.45) is 0 Å². The van der Waals surface area contributed by atoms with Crippen LogP contribution < -0.4 is 11.1 Å². The number of nitrogens with zero attached hydrogens (tertiary/aromatic N) is 1. The van der Waals surface area contributed by atoms with Crippen LogP contribution in [0.5, 0.6) is 0 Å². The van der Waals surface area contributed by atoms with Crippen molar-refractivity contribution < 1.29 is 17.4 Å². The highest BCUT2D eigenvalue weighted by Crippen LogP contribution is 2.19. The summed E-state index contributed by atoms with van der Waals surface area (Å²) in [6.45, 7) is -10.9. The van der Waals surface area contributed by atoms with Crippen molar-refractivity contribution in [2.75, 3.05) is 12.3 Å². The van der Waals surface area contributed by atoms with E-state index in [-0.39, 0.29) is 16.8 Å². The third-order valence-electron chi connectivity index (χ3n) is 2.14. The Labute approximate surface area is 115 Å². The van der Waals surface area contributed by atoms with E-state index in [1.54, 1.807) is 0 Å². The highest BCUT2D eigenvalue weighted by atomic mass is 16.3. The number of hydrogen-bond acceptors (Lipinski definition) is 4. The molecule has 4 N–H and O–H groups in total. The fourth-order valence-electron chi connectivity index (χ4n) is 1.25. The fraction of sp³-hybridized carbons (Fsp3) is 0.462. The van der Waals surface area contributed by atoms with Crippen molar-refractivity contribution in [3.63, 3.8) is 0 Å². The summed E-state index contributed by atoms with van der Waals surface area (Å²) in [4.78, 5) is 0. The van der Waals surface area contributed by atoms with E-state index in [4.69, 9.17) is 23.3 Å². The van der Waals surface area contributed by atoms with Crippen molar-refractivity contribution in [2.45, 2.75) is 32.2 Å². The van der Waals surface area contributed by atoms with Crippen LogP contribution in [0.25, 0.3) is 0 Å². The quantitative estimate of drug-likeness (QED) is 0.703. The molecule has 17 heavy (non-hydrogen) atoms. The lowest BCUT2D eigenvalue weighted by molar-refractivity contribution is 0.163. The first-order valence-electron chi connectivity index (χ1n) is 9.31. The summed E-state index contributed by atoms with van der Waals surface area (Å²) in [6.07, 6.45) is -1.46. The number of hydrogen-bond donors (Lipinski definition) is 3. The van der Waals surface area contributed by atoms with Crippen LogP contribution in [0, 0.1) is 11.3 Å². The van der Waals surface area contributed by atoms with Gasteiger partial charge in [-0.25, -0.2) is 0 Å². The van der Waals surface area contributed by atoms with Crippen LogP contribution in [0.1, 0.15) is 50.1 Å². The van der Waals surface area contributed by atoms with Gasteiger partial charge in [0.05, 0.1) is 11.7 Å². The fourth-order valence-corrected chi connectivity index (χ4v) is 1.25. The largest absolute Gasteiger partial charge is 0.398 e. The number of aliphatic hydroxyl groups is 1. The Balaban J connectivity index is 3.25. The molecule has 0 saturated heterocycles. The Morgan fingerprint density at radius 2 is 2.29 bits per heavy atom. The molecule has 0 radical (unpaired) electrons. The number of rotatable bonds is 3. The second-order valence-corrected chi connectivity index (χ2v) is 3.61. The number of nitriles is 1. The first kappa shape index (κ1) is 5.38. The molecule has 92 valence electrons. The zero-order valence-electron chi connectivity index (χ0n) is 18.0. The zero-order valence-corrected chi connectivity index (χ0v) is 8.99. The molecule has 0 aliphatic carbocycles. The standard InChI is InChI=1S/C13H19N3O/c1-13(2,3)16-8-12(17)9-4-5-11(15)10(6-9)7-14/h4-6,12,16-17H,8,15H2,1-3H3/i1D3,2D3,3D3. The molecule has 1 unspecified atom stereocenters. The molecule has 0 aliphatic rings. The molecule has 0 aliphatic heterocycles. The van der Waals surface area contributed by atoms with Gasteiger partial charge in [-0.15, -0.1) is 0 Å². The van der Waals surface area contributed by atoms with E-state index >= 15 is 0 Å². The predicted octanol–water partition coefficient (Wildman–Crippen LogP) is 1.56. The van der Waals surface area contributed by atoms with E-state index < -0.39 is 38.7 Å². The third-order valence-corrected chi connectivity index (χ3v) is 2.14. The van der Waals surface area contributed by atoms with Gasteiger partial charge in [0.2, 0.25) is 0 Å². The lowest BCUT2D eigenvalue weighted by Gasteiger charge is -2.23. The first-order valence-corrected chi connectivity index (χ1v) is 4.81. The number of benzene rings is 1. The van der Waals surface area contributed by atoms with E-state index in [0.717, 1.165) is 0 Å². The van der Waals surface area contributed by atoms with Gasteiger partial charge in [-0.2, -0.15) is 5.26 Å². The van der Waals surface area contributed by atoms with Gasteiger partial charge in [0, 0.05) is 30.1 Å². The van der Waals surface area contributed by atoms with Gasteiger partial charge < -0.3 is 16.2 Å². The molecule has 0 fully saturated rings. The van der Waals surface area contributed by atoms with E-state index in [1.165, 1.54) is 18.2 Å². The van der Waals surface area contributed by atoms with Gasteiger partial charge in [-0.3, -0.25) is 0 Å². The normalized spacial score (nSPS) is 23.2. The van der Waals surface area contributed by atoms with E-state index in [2.05, 4.69) is 5.32 Å². The second kappa shape index (κ2) is 5.17. The summed E-state index contributed by atoms with van der Waals surface area (Å²) in [5.74, 6) is 0. The summed E-state index contributed by atoms with van der Waals surface area (Å²) in [6, 6.07) is 5.78. The van der Waals surface area contributed by atoms with Gasteiger partial charge in [-0.05, 0) is 38.3 Å². The monoisotopic (exact) mass is 242 g/mol. The van der Waals surface area contributed by atoms with Crippen molar-refractivity contribution in [1.82, 2.24) is 5.32 Å². The number of nitrogens with one attached hydrogen (secondary N) is 1. The van der Waals surface area contributed by atoms with Gasteiger partial charge >= 0.3 is 0 Å². The molecule has 0 saturated carbocycles. The van der Waals surface area contributed by atoms with Crippen LogP contribution in [0.2, 0.25) is 0 Å². The van der Waals surface area contributed by atoms with Crippen LogP contribution >= 0.6 is 0 Å². The Morgan fingerprint density at radius 3 is 2.88 bits per heavy atom. The first-order chi connectivity index (χ1) is 11.6. The molecule has 0 bridgehead atoms. The summed E-state index contributed by atoms with van der Waals surface area (Å²) >= 11 is 0. The van der Waals surface area contributed by atoms with E-state index in [9.17, 15) is 5.11 Å². The molecule has 4 nitrogen and oxygen atoms in total. The zero-order chi connectivity index (χ0) is 20.6. The van der Waals surface area contributed by atoms with Crippen LogP contribution in [0.3, 0.4) is 0 Å². The minimum atomic E-state index is -3.41. The van der Waals surface area contributed by atoms with Crippen LogP contribution in [0.15, 0.2) is 18.2 Å². The van der Waals surface area contributed by atoms with Crippen molar-refractivity contribution in [3.8, 4) is 6.07 Å². The van der Waals surface area contributed by atoms with Gasteiger partial charge in [0.25, 0.3) is 0 Å². The second-order valence-electron chi connectivity index (χ2n) is 3.61. The number of anilines is 1.